The molecule has 1 fully saturated rings. The molecule has 1 N–H and O–H groups in total. The van der Waals surface area contributed by atoms with Gasteiger partial charge in [0.2, 0.25) is 0 Å². The van der Waals surface area contributed by atoms with Crippen LogP contribution in [0.3, 0.4) is 0 Å². The number of pyridine rings is 1. The molecule has 5 heteroatoms. The second-order valence-corrected chi connectivity index (χ2v) is 8.06. The number of nitrogens with zero attached hydrogens (tertiary/aromatic N) is 3. The normalized spacial score (nSPS) is 18.9. The maximum Gasteiger partial charge on any atom is 0.170 e. The summed E-state index contributed by atoms with van der Waals surface area (Å²) in [6.07, 6.45) is 4.12. The van der Waals surface area contributed by atoms with Gasteiger partial charge in [-0.15, -0.1) is 0 Å². The summed E-state index contributed by atoms with van der Waals surface area (Å²) >= 11 is 5.76. The lowest BCUT2D eigenvalue weighted by Crippen LogP contribution is -2.30. The molecule has 0 amide bonds. The summed E-state index contributed by atoms with van der Waals surface area (Å²) in [5, 5.41) is 4.38. The zero-order chi connectivity index (χ0) is 20.4. The van der Waals surface area contributed by atoms with Gasteiger partial charge in [0, 0.05) is 29.8 Å². The topological polar surface area (TPSA) is 33.1 Å². The number of hydrogen-bond donors (Lipinski definition) is 1. The van der Waals surface area contributed by atoms with Crippen LogP contribution in [-0.2, 0) is 0 Å². The van der Waals surface area contributed by atoms with E-state index < -0.39 is 0 Å². The maximum atomic E-state index is 5.76. The number of rotatable bonds is 6. The van der Waals surface area contributed by atoms with E-state index in [0.29, 0.717) is 0 Å². The number of benzene rings is 1. The van der Waals surface area contributed by atoms with Gasteiger partial charge in [-0.2, -0.15) is 0 Å². The first kappa shape index (κ1) is 19.6. The van der Waals surface area contributed by atoms with Gasteiger partial charge < -0.3 is 14.8 Å². The van der Waals surface area contributed by atoms with Gasteiger partial charge in [0.25, 0.3) is 0 Å². The molecule has 0 aliphatic carbocycles. The lowest BCUT2D eigenvalue weighted by Gasteiger charge is -2.28. The van der Waals surface area contributed by atoms with Crippen molar-refractivity contribution in [2.24, 2.45) is 0 Å². The molecule has 3 heterocycles. The molecule has 1 aliphatic rings. The summed E-state index contributed by atoms with van der Waals surface area (Å²) in [6, 6.07) is 19.1. The van der Waals surface area contributed by atoms with E-state index in [4.69, 9.17) is 12.2 Å². The number of nitrogens with one attached hydrogen (secondary N) is 1. The molecule has 2 aromatic heterocycles. The van der Waals surface area contributed by atoms with Gasteiger partial charge in [0.15, 0.2) is 5.11 Å². The maximum absolute atomic E-state index is 5.76. The van der Waals surface area contributed by atoms with Gasteiger partial charge in [0.1, 0.15) is 0 Å². The zero-order valence-corrected chi connectivity index (χ0v) is 18.1. The van der Waals surface area contributed by atoms with Crippen molar-refractivity contribution >= 4 is 17.3 Å². The highest BCUT2D eigenvalue weighted by Crippen LogP contribution is 2.41. The molecule has 150 valence electrons. The minimum atomic E-state index is 0.0466. The minimum absolute atomic E-state index is 0.0466. The van der Waals surface area contributed by atoms with Crippen LogP contribution in [0.1, 0.15) is 54.5 Å². The lowest BCUT2D eigenvalue weighted by molar-refractivity contribution is 0.312. The second kappa shape index (κ2) is 8.37. The third-order valence-electron chi connectivity index (χ3n) is 5.75. The third kappa shape index (κ3) is 3.67. The minimum Gasteiger partial charge on any atom is -0.352 e. The highest BCUT2D eigenvalue weighted by molar-refractivity contribution is 7.80. The molecule has 0 unspecified atom stereocenters. The van der Waals surface area contributed by atoms with Crippen LogP contribution in [-0.4, -0.2) is 26.1 Å². The number of para-hydroxylation sites is 1. The number of thiocarbonyl (C=S) groups is 1. The fraction of sp³-hybridized carbons (Fsp3) is 0.333. The van der Waals surface area contributed by atoms with Crippen LogP contribution < -0.4 is 5.32 Å². The summed E-state index contributed by atoms with van der Waals surface area (Å²) in [5.41, 5.74) is 6.02. The Hall–Kier alpha value is -2.66. The fourth-order valence-electron chi connectivity index (χ4n) is 4.37. The van der Waals surface area contributed by atoms with Crippen LogP contribution in [0.25, 0.3) is 5.69 Å². The summed E-state index contributed by atoms with van der Waals surface area (Å²) in [7, 11) is 0. The molecule has 3 aromatic rings. The van der Waals surface area contributed by atoms with Gasteiger partial charge in [-0.05, 0) is 68.4 Å². The third-order valence-corrected chi connectivity index (χ3v) is 6.11. The number of aromatic nitrogens is 2. The van der Waals surface area contributed by atoms with Gasteiger partial charge in [-0.25, -0.2) is 0 Å². The predicted molar refractivity (Wildman–Crippen MR) is 122 cm³/mol. The first-order valence-electron chi connectivity index (χ1n) is 10.3. The molecular weight excluding hydrogens is 376 g/mol. The molecular formula is C24H28N4S. The average molecular weight is 405 g/mol. The summed E-state index contributed by atoms with van der Waals surface area (Å²) in [5.74, 6) is 0. The smallest absolute Gasteiger partial charge is 0.170 e. The number of hydrogen-bond acceptors (Lipinski definition) is 2. The Kier molecular flexibility index (Phi) is 5.67. The van der Waals surface area contributed by atoms with Crippen molar-refractivity contribution in [3.63, 3.8) is 0 Å². The van der Waals surface area contributed by atoms with Crippen LogP contribution in [0.2, 0.25) is 0 Å². The quantitative estimate of drug-likeness (QED) is 0.568. The molecule has 0 bridgehead atoms. The van der Waals surface area contributed by atoms with E-state index in [9.17, 15) is 0 Å². The van der Waals surface area contributed by atoms with Gasteiger partial charge in [0.05, 0.1) is 17.8 Å². The van der Waals surface area contributed by atoms with Crippen molar-refractivity contribution < 1.29 is 0 Å². The largest absolute Gasteiger partial charge is 0.352 e. The molecule has 29 heavy (non-hydrogen) atoms. The zero-order valence-electron chi connectivity index (χ0n) is 17.3. The van der Waals surface area contributed by atoms with Crippen LogP contribution in [0.15, 0.2) is 60.8 Å². The first-order valence-corrected chi connectivity index (χ1v) is 10.7. The molecule has 0 saturated carbocycles. The van der Waals surface area contributed by atoms with E-state index in [1.807, 2.05) is 18.3 Å². The van der Waals surface area contributed by atoms with Crippen LogP contribution in [0.4, 0.5) is 0 Å². The van der Waals surface area contributed by atoms with Crippen molar-refractivity contribution in [2.45, 2.75) is 45.7 Å². The summed E-state index contributed by atoms with van der Waals surface area (Å²) in [4.78, 5) is 7.00. The summed E-state index contributed by atoms with van der Waals surface area (Å²) in [6.45, 7) is 7.56. The Bertz CT molecular complexity index is 981. The van der Waals surface area contributed by atoms with E-state index >= 15 is 0 Å². The fourth-order valence-corrected chi connectivity index (χ4v) is 4.71. The van der Waals surface area contributed by atoms with Crippen LogP contribution in [0, 0.1) is 13.8 Å². The van der Waals surface area contributed by atoms with Crippen molar-refractivity contribution in [2.75, 3.05) is 6.54 Å². The van der Waals surface area contributed by atoms with E-state index in [2.05, 4.69) is 83.0 Å². The first-order chi connectivity index (χ1) is 14.1. The van der Waals surface area contributed by atoms with Crippen molar-refractivity contribution in [1.29, 1.82) is 0 Å². The van der Waals surface area contributed by atoms with Gasteiger partial charge in [-0.1, -0.05) is 37.6 Å². The molecule has 1 saturated heterocycles. The Labute approximate surface area is 178 Å². The molecule has 2 atom stereocenters. The Morgan fingerprint density at radius 2 is 1.83 bits per heavy atom. The van der Waals surface area contributed by atoms with Gasteiger partial charge in [-0.3, -0.25) is 4.98 Å². The lowest BCUT2D eigenvalue weighted by atomic mass is 9.96. The van der Waals surface area contributed by atoms with Crippen LogP contribution >= 0.6 is 12.2 Å². The highest BCUT2D eigenvalue weighted by Gasteiger charge is 2.41. The Morgan fingerprint density at radius 3 is 2.52 bits per heavy atom. The van der Waals surface area contributed by atoms with E-state index in [-0.39, 0.29) is 12.1 Å². The number of unbranched alkanes of at least 4 members (excludes halogenated alkanes) is 1. The molecule has 4 rings (SSSR count). The molecule has 4 nitrogen and oxygen atoms in total. The Balaban J connectivity index is 1.81. The second-order valence-electron chi connectivity index (χ2n) is 7.67. The predicted octanol–water partition coefficient (Wildman–Crippen LogP) is 5.26. The summed E-state index contributed by atoms with van der Waals surface area (Å²) < 4.78 is 2.34. The highest BCUT2D eigenvalue weighted by atomic mass is 32.1. The molecule has 1 aromatic carbocycles. The van der Waals surface area contributed by atoms with Crippen molar-refractivity contribution in [1.82, 2.24) is 19.8 Å². The van der Waals surface area contributed by atoms with Crippen molar-refractivity contribution in [3.8, 4) is 5.69 Å². The molecule has 1 aliphatic heterocycles. The van der Waals surface area contributed by atoms with E-state index in [1.54, 1.807) is 0 Å². The monoisotopic (exact) mass is 404 g/mol. The average Bonchev–Trinajstić information content (AvgIpc) is 3.23. The Morgan fingerprint density at radius 1 is 1.07 bits per heavy atom. The van der Waals surface area contributed by atoms with E-state index in [0.717, 1.165) is 30.2 Å². The van der Waals surface area contributed by atoms with E-state index in [1.165, 1.54) is 22.6 Å². The molecule has 0 spiro atoms. The van der Waals surface area contributed by atoms with Gasteiger partial charge >= 0.3 is 0 Å². The molecule has 0 radical (unpaired) electrons. The SMILES string of the molecule is CCCCN1C(=S)N[C@@H](c2ccccn2)[C@@H]1c1cc(C)n(-c2ccccc2)c1C. The number of aryl methyl sites for hydroxylation is 1. The standard InChI is InChI=1S/C24H28N4S/c1-4-5-15-27-23(22(26-24(27)29)21-13-9-10-14-25-21)20-16-17(2)28(18(20)3)19-11-7-6-8-12-19/h6-14,16,22-23H,4-5,15H2,1-3H3,(H,26,29)/t22-,23-/m0/s1. The van der Waals surface area contributed by atoms with Crippen molar-refractivity contribution in [3.05, 3.63) is 83.4 Å². The van der Waals surface area contributed by atoms with Crippen LogP contribution in [0.5, 0.6) is 0 Å².